The van der Waals surface area contributed by atoms with Gasteiger partial charge in [-0.05, 0) is 31.5 Å². The van der Waals surface area contributed by atoms with Gasteiger partial charge in [0.1, 0.15) is 0 Å². The number of benzene rings is 1. The molecular formula is C16H20N2O4. The van der Waals surface area contributed by atoms with Crippen LogP contribution >= 0.6 is 0 Å². The molecule has 0 unspecified atom stereocenters. The Bertz CT molecular complexity index is 540. The second-order valence-corrected chi connectivity index (χ2v) is 4.29. The maximum Gasteiger partial charge on any atom is 0.335 e. The predicted octanol–water partition coefficient (Wildman–Crippen LogP) is 2.24. The Hall–Kier alpha value is -2.36. The van der Waals surface area contributed by atoms with E-state index in [2.05, 4.69) is 5.32 Å². The van der Waals surface area contributed by atoms with Crippen LogP contribution in [0.3, 0.4) is 0 Å². The number of ether oxygens (including phenoxy) is 2. The van der Waals surface area contributed by atoms with Crippen LogP contribution < -0.4 is 5.32 Å². The quantitative estimate of drug-likeness (QED) is 0.537. The largest absolute Gasteiger partial charge is 0.478 e. The van der Waals surface area contributed by atoms with Gasteiger partial charge in [-0.2, -0.15) is 5.26 Å². The van der Waals surface area contributed by atoms with Crippen molar-refractivity contribution in [3.8, 4) is 6.07 Å². The molecule has 0 heterocycles. The molecule has 0 aromatic heterocycles. The highest BCUT2D eigenvalue weighted by molar-refractivity contribution is 5.88. The molecule has 1 aromatic carbocycles. The van der Waals surface area contributed by atoms with Crippen LogP contribution in [0.25, 0.3) is 5.70 Å². The number of nitrogens with one attached hydrogen (secondary N) is 1. The van der Waals surface area contributed by atoms with E-state index in [4.69, 9.17) is 19.8 Å². The lowest BCUT2D eigenvalue weighted by molar-refractivity contribution is -0.131. The maximum absolute atomic E-state index is 10.9. The van der Waals surface area contributed by atoms with Gasteiger partial charge < -0.3 is 19.9 Å². The Labute approximate surface area is 130 Å². The molecule has 0 saturated carbocycles. The molecule has 0 saturated heterocycles. The summed E-state index contributed by atoms with van der Waals surface area (Å²) in [5.41, 5.74) is 1.50. The lowest BCUT2D eigenvalue weighted by atomic mass is 10.1. The zero-order chi connectivity index (χ0) is 16.4. The van der Waals surface area contributed by atoms with Crippen LogP contribution in [0.4, 0.5) is 0 Å². The van der Waals surface area contributed by atoms with Crippen LogP contribution in [0.15, 0.2) is 30.3 Å². The van der Waals surface area contributed by atoms with Crippen molar-refractivity contribution < 1.29 is 19.4 Å². The Balaban J connectivity index is 2.79. The summed E-state index contributed by atoms with van der Waals surface area (Å²) in [6.07, 6.45) is 0.959. The molecule has 0 aliphatic heterocycles. The molecule has 0 bridgehead atoms. The lowest BCUT2D eigenvalue weighted by Gasteiger charge is -2.19. The second kappa shape index (κ2) is 9.55. The fraction of sp³-hybridized carbons (Fsp3) is 0.375. The number of aromatic carboxylic acids is 1. The third kappa shape index (κ3) is 5.56. The molecule has 0 radical (unpaired) electrons. The van der Waals surface area contributed by atoms with Crippen molar-refractivity contribution >= 4 is 11.7 Å². The van der Waals surface area contributed by atoms with Gasteiger partial charge in [0.2, 0.25) is 0 Å². The van der Waals surface area contributed by atoms with Gasteiger partial charge in [0.15, 0.2) is 6.29 Å². The lowest BCUT2D eigenvalue weighted by Crippen LogP contribution is -2.30. The standard InChI is InChI=1S/C16H20N2O4/c1-3-21-15(22-4-2)11-18-14(9-10-17)12-5-7-13(8-6-12)16(19)20/h5-9,15,18H,3-4,11H2,1-2H3,(H,19,20). The van der Waals surface area contributed by atoms with Gasteiger partial charge in [0, 0.05) is 19.3 Å². The topological polar surface area (TPSA) is 91.6 Å². The molecule has 0 aliphatic rings. The molecule has 118 valence electrons. The van der Waals surface area contributed by atoms with E-state index in [-0.39, 0.29) is 5.56 Å². The molecule has 0 atom stereocenters. The summed E-state index contributed by atoms with van der Waals surface area (Å²) in [4.78, 5) is 10.9. The Morgan fingerprint density at radius 2 is 1.82 bits per heavy atom. The highest BCUT2D eigenvalue weighted by atomic mass is 16.7. The van der Waals surface area contributed by atoms with Crippen molar-refractivity contribution in [1.29, 1.82) is 5.26 Å². The molecule has 6 nitrogen and oxygen atoms in total. The number of rotatable bonds is 9. The first-order chi connectivity index (χ1) is 10.6. The normalized spacial score (nSPS) is 11.3. The summed E-state index contributed by atoms with van der Waals surface area (Å²) < 4.78 is 10.8. The Morgan fingerprint density at radius 1 is 1.27 bits per heavy atom. The third-order valence-corrected chi connectivity index (χ3v) is 2.82. The monoisotopic (exact) mass is 304 g/mol. The second-order valence-electron chi connectivity index (χ2n) is 4.29. The smallest absolute Gasteiger partial charge is 0.335 e. The SMILES string of the molecule is CCOC(CNC(=CC#N)c1ccc(C(=O)O)cc1)OCC. The number of carboxylic acids is 1. The fourth-order valence-corrected chi connectivity index (χ4v) is 1.82. The number of nitriles is 1. The molecule has 0 spiro atoms. The fourth-order valence-electron chi connectivity index (χ4n) is 1.82. The number of hydrogen-bond acceptors (Lipinski definition) is 5. The van der Waals surface area contributed by atoms with Gasteiger partial charge in [-0.15, -0.1) is 0 Å². The summed E-state index contributed by atoms with van der Waals surface area (Å²) in [7, 11) is 0. The Morgan fingerprint density at radius 3 is 2.27 bits per heavy atom. The van der Waals surface area contributed by atoms with Crippen molar-refractivity contribution in [2.24, 2.45) is 0 Å². The summed E-state index contributed by atoms with van der Waals surface area (Å²) in [6.45, 7) is 5.19. The first-order valence-corrected chi connectivity index (χ1v) is 7.02. The Kier molecular flexibility index (Phi) is 7.68. The molecule has 1 aromatic rings. The molecule has 1 rings (SSSR count). The number of nitrogens with zero attached hydrogens (tertiary/aromatic N) is 1. The molecule has 0 aliphatic carbocycles. The molecule has 22 heavy (non-hydrogen) atoms. The van der Waals surface area contributed by atoms with Crippen molar-refractivity contribution in [3.63, 3.8) is 0 Å². The van der Waals surface area contributed by atoms with Crippen LogP contribution in [0.2, 0.25) is 0 Å². The molecule has 0 fully saturated rings. The molecule has 0 amide bonds. The van der Waals surface area contributed by atoms with Crippen LogP contribution in [0.1, 0.15) is 29.8 Å². The van der Waals surface area contributed by atoms with E-state index in [1.807, 2.05) is 19.9 Å². The third-order valence-electron chi connectivity index (χ3n) is 2.82. The first kappa shape index (κ1) is 17.7. The molecular weight excluding hydrogens is 284 g/mol. The number of carbonyl (C=O) groups is 1. The highest BCUT2D eigenvalue weighted by Gasteiger charge is 2.10. The molecule has 6 heteroatoms. The zero-order valence-corrected chi connectivity index (χ0v) is 12.7. The predicted molar refractivity (Wildman–Crippen MR) is 82.0 cm³/mol. The van der Waals surface area contributed by atoms with Crippen LogP contribution in [0, 0.1) is 11.3 Å². The van der Waals surface area contributed by atoms with Crippen molar-refractivity contribution in [2.45, 2.75) is 20.1 Å². The van der Waals surface area contributed by atoms with Crippen LogP contribution in [0.5, 0.6) is 0 Å². The maximum atomic E-state index is 10.9. The summed E-state index contributed by atoms with van der Waals surface area (Å²) in [5.74, 6) is -0.988. The van der Waals surface area contributed by atoms with E-state index in [1.54, 1.807) is 12.1 Å². The van der Waals surface area contributed by atoms with E-state index in [0.717, 1.165) is 5.56 Å². The van der Waals surface area contributed by atoms with Crippen molar-refractivity contribution in [3.05, 3.63) is 41.5 Å². The van der Waals surface area contributed by atoms with Gasteiger partial charge in [0.25, 0.3) is 0 Å². The highest BCUT2D eigenvalue weighted by Crippen LogP contribution is 2.13. The van der Waals surface area contributed by atoms with E-state index in [9.17, 15) is 4.79 Å². The average molecular weight is 304 g/mol. The summed E-state index contributed by atoms with van der Waals surface area (Å²) >= 11 is 0. The zero-order valence-electron chi connectivity index (χ0n) is 12.7. The minimum absolute atomic E-state index is 0.196. The van der Waals surface area contributed by atoms with Crippen LogP contribution in [-0.4, -0.2) is 37.1 Å². The average Bonchev–Trinajstić information content (AvgIpc) is 2.51. The number of carboxylic acid groups (broad SMARTS) is 1. The minimum atomic E-state index is -0.988. The van der Waals surface area contributed by atoms with Crippen LogP contribution in [-0.2, 0) is 9.47 Å². The van der Waals surface area contributed by atoms with Crippen molar-refractivity contribution in [2.75, 3.05) is 19.8 Å². The van der Waals surface area contributed by atoms with Gasteiger partial charge in [-0.1, -0.05) is 12.1 Å². The summed E-state index contributed by atoms with van der Waals surface area (Å²) in [5, 5.41) is 20.9. The van der Waals surface area contributed by atoms with E-state index in [0.29, 0.717) is 25.5 Å². The van der Waals surface area contributed by atoms with Gasteiger partial charge in [-0.25, -0.2) is 4.79 Å². The van der Waals surface area contributed by atoms with Gasteiger partial charge in [-0.3, -0.25) is 0 Å². The van der Waals surface area contributed by atoms with E-state index >= 15 is 0 Å². The van der Waals surface area contributed by atoms with Crippen molar-refractivity contribution in [1.82, 2.24) is 5.32 Å². The molecule has 2 N–H and O–H groups in total. The van der Waals surface area contributed by atoms with Gasteiger partial charge >= 0.3 is 5.97 Å². The first-order valence-electron chi connectivity index (χ1n) is 7.02. The summed E-state index contributed by atoms with van der Waals surface area (Å²) in [6, 6.07) is 8.25. The minimum Gasteiger partial charge on any atom is -0.478 e. The van der Waals surface area contributed by atoms with E-state index < -0.39 is 12.3 Å². The van der Waals surface area contributed by atoms with E-state index in [1.165, 1.54) is 18.2 Å². The number of allylic oxidation sites excluding steroid dienone is 1. The van der Waals surface area contributed by atoms with Gasteiger partial charge in [0.05, 0.1) is 23.9 Å². The number of hydrogen-bond donors (Lipinski definition) is 2.